The van der Waals surface area contributed by atoms with Crippen LogP contribution in [0.2, 0.25) is 0 Å². The second kappa shape index (κ2) is 5.50. The van der Waals surface area contributed by atoms with Crippen molar-refractivity contribution in [3.63, 3.8) is 0 Å². The molecule has 1 aromatic heterocycles. The fourth-order valence-corrected chi connectivity index (χ4v) is 1.89. The Morgan fingerprint density at radius 1 is 1.26 bits per heavy atom. The molecule has 19 heavy (non-hydrogen) atoms. The van der Waals surface area contributed by atoms with Crippen LogP contribution in [0.15, 0.2) is 35.8 Å². The Labute approximate surface area is 110 Å². The lowest BCUT2D eigenvalue weighted by Gasteiger charge is -2.13. The smallest absolute Gasteiger partial charge is 0.240 e. The highest BCUT2D eigenvalue weighted by molar-refractivity contribution is 5.79. The predicted molar refractivity (Wildman–Crippen MR) is 69.3 cm³/mol. The van der Waals surface area contributed by atoms with Gasteiger partial charge < -0.3 is 0 Å². The maximum atomic E-state index is 13.7. The van der Waals surface area contributed by atoms with Gasteiger partial charge >= 0.3 is 0 Å². The molecule has 96 valence electrons. The van der Waals surface area contributed by atoms with Gasteiger partial charge in [0.15, 0.2) is 0 Å². The average Bonchev–Trinajstić information content (AvgIpc) is 2.41. The molecule has 0 aliphatic heterocycles. The number of halogens is 1. The number of hydrogen-bond acceptors (Lipinski definition) is 4. The van der Waals surface area contributed by atoms with Crippen LogP contribution in [0.1, 0.15) is 25.3 Å². The standard InChI is InChI=1S/C14H12FN3O/c1-9(2)12-3-11(15)4-13(14(12)18-8-19)10-5-16-7-17-6-10/h3-7,9H,1-2H3. The third-order valence-electron chi connectivity index (χ3n) is 2.76. The van der Waals surface area contributed by atoms with E-state index < -0.39 is 0 Å². The minimum absolute atomic E-state index is 0.0335. The highest BCUT2D eigenvalue weighted by Gasteiger charge is 2.15. The van der Waals surface area contributed by atoms with E-state index in [9.17, 15) is 9.18 Å². The van der Waals surface area contributed by atoms with Crippen LogP contribution in [-0.4, -0.2) is 16.0 Å². The molecule has 0 bridgehead atoms. The van der Waals surface area contributed by atoms with E-state index in [1.54, 1.807) is 12.4 Å². The molecule has 0 unspecified atom stereocenters. The lowest BCUT2D eigenvalue weighted by molar-refractivity contribution is 0.565. The highest BCUT2D eigenvalue weighted by Crippen LogP contribution is 2.37. The lowest BCUT2D eigenvalue weighted by Crippen LogP contribution is -1.94. The van der Waals surface area contributed by atoms with Crippen molar-refractivity contribution in [1.29, 1.82) is 0 Å². The van der Waals surface area contributed by atoms with Crippen molar-refractivity contribution in [1.82, 2.24) is 9.97 Å². The molecule has 5 heteroatoms. The van der Waals surface area contributed by atoms with Gasteiger partial charge in [0.1, 0.15) is 12.1 Å². The summed E-state index contributed by atoms with van der Waals surface area (Å²) in [7, 11) is 0. The van der Waals surface area contributed by atoms with Crippen LogP contribution in [0.4, 0.5) is 10.1 Å². The Bertz CT molecular complexity index is 635. The van der Waals surface area contributed by atoms with Gasteiger partial charge in [-0.15, -0.1) is 0 Å². The van der Waals surface area contributed by atoms with Crippen molar-refractivity contribution >= 4 is 11.8 Å². The van der Waals surface area contributed by atoms with Gasteiger partial charge in [-0.1, -0.05) is 13.8 Å². The van der Waals surface area contributed by atoms with Gasteiger partial charge in [0.25, 0.3) is 0 Å². The van der Waals surface area contributed by atoms with Gasteiger partial charge in [-0.2, -0.15) is 4.99 Å². The van der Waals surface area contributed by atoms with E-state index in [1.807, 2.05) is 13.8 Å². The molecule has 2 rings (SSSR count). The van der Waals surface area contributed by atoms with Crippen molar-refractivity contribution in [2.24, 2.45) is 4.99 Å². The fraction of sp³-hybridized carbons (Fsp3) is 0.214. The molecular weight excluding hydrogens is 245 g/mol. The quantitative estimate of drug-likeness (QED) is 0.625. The van der Waals surface area contributed by atoms with E-state index in [4.69, 9.17) is 0 Å². The summed E-state index contributed by atoms with van der Waals surface area (Å²) in [5.41, 5.74) is 2.17. The molecule has 0 saturated carbocycles. The van der Waals surface area contributed by atoms with Crippen LogP contribution in [0, 0.1) is 5.82 Å². The number of benzene rings is 1. The van der Waals surface area contributed by atoms with Crippen molar-refractivity contribution in [3.8, 4) is 11.1 Å². The second-order valence-electron chi connectivity index (χ2n) is 4.38. The normalized spacial score (nSPS) is 10.3. The van der Waals surface area contributed by atoms with Gasteiger partial charge in [-0.05, 0) is 23.6 Å². The lowest BCUT2D eigenvalue weighted by atomic mass is 9.95. The molecule has 2 aromatic rings. The third kappa shape index (κ3) is 2.72. The van der Waals surface area contributed by atoms with E-state index in [-0.39, 0.29) is 11.7 Å². The number of nitrogens with zero attached hydrogens (tertiary/aromatic N) is 3. The summed E-state index contributed by atoms with van der Waals surface area (Å²) in [5, 5.41) is 0. The first-order valence-electron chi connectivity index (χ1n) is 5.80. The minimum atomic E-state index is -0.382. The summed E-state index contributed by atoms with van der Waals surface area (Å²) < 4.78 is 13.7. The Morgan fingerprint density at radius 2 is 1.95 bits per heavy atom. The molecule has 1 aromatic carbocycles. The molecule has 0 atom stereocenters. The molecule has 0 radical (unpaired) electrons. The summed E-state index contributed by atoms with van der Waals surface area (Å²) >= 11 is 0. The molecule has 1 heterocycles. The van der Waals surface area contributed by atoms with Crippen LogP contribution >= 0.6 is 0 Å². The first kappa shape index (κ1) is 13.1. The zero-order valence-electron chi connectivity index (χ0n) is 10.6. The van der Waals surface area contributed by atoms with Crippen LogP contribution in [-0.2, 0) is 4.79 Å². The van der Waals surface area contributed by atoms with Crippen LogP contribution < -0.4 is 0 Å². The Hall–Kier alpha value is -2.39. The first-order valence-corrected chi connectivity index (χ1v) is 5.80. The van der Waals surface area contributed by atoms with Crippen LogP contribution in [0.25, 0.3) is 11.1 Å². The maximum absolute atomic E-state index is 13.7. The number of aliphatic imine (C=N–C) groups is 1. The van der Waals surface area contributed by atoms with Gasteiger partial charge in [-0.25, -0.2) is 19.2 Å². The molecule has 0 aliphatic carbocycles. The summed E-state index contributed by atoms with van der Waals surface area (Å²) in [6.07, 6.45) is 6.01. The van der Waals surface area contributed by atoms with E-state index in [2.05, 4.69) is 15.0 Å². The molecule has 0 spiro atoms. The summed E-state index contributed by atoms with van der Waals surface area (Å²) in [6, 6.07) is 2.70. The topological polar surface area (TPSA) is 55.2 Å². The largest absolute Gasteiger partial charge is 0.244 e. The summed E-state index contributed by atoms with van der Waals surface area (Å²) in [5.74, 6) is -0.349. The first-order chi connectivity index (χ1) is 9.13. The number of hydrogen-bond donors (Lipinski definition) is 0. The number of carbonyl (C=O) groups excluding carboxylic acids is 1. The van der Waals surface area contributed by atoms with Crippen molar-refractivity contribution in [3.05, 3.63) is 42.2 Å². The maximum Gasteiger partial charge on any atom is 0.240 e. The average molecular weight is 257 g/mol. The Balaban J connectivity index is 2.75. The second-order valence-corrected chi connectivity index (χ2v) is 4.38. The Morgan fingerprint density at radius 3 is 2.53 bits per heavy atom. The number of aromatic nitrogens is 2. The van der Waals surface area contributed by atoms with E-state index in [0.29, 0.717) is 22.4 Å². The zero-order chi connectivity index (χ0) is 13.8. The number of rotatable bonds is 3. The summed E-state index contributed by atoms with van der Waals surface area (Å²) in [4.78, 5) is 22.1. The van der Waals surface area contributed by atoms with Crippen LogP contribution in [0.5, 0.6) is 0 Å². The molecular formula is C14H12FN3O. The van der Waals surface area contributed by atoms with Crippen molar-refractivity contribution in [2.75, 3.05) is 0 Å². The minimum Gasteiger partial charge on any atom is -0.244 e. The van der Waals surface area contributed by atoms with Crippen LogP contribution in [0.3, 0.4) is 0 Å². The van der Waals surface area contributed by atoms with Gasteiger partial charge in [-0.3, -0.25) is 0 Å². The van der Waals surface area contributed by atoms with Gasteiger partial charge in [0.05, 0.1) is 5.69 Å². The van der Waals surface area contributed by atoms with E-state index in [0.717, 1.165) is 0 Å². The molecule has 0 N–H and O–H groups in total. The number of isocyanates is 1. The van der Waals surface area contributed by atoms with E-state index >= 15 is 0 Å². The van der Waals surface area contributed by atoms with E-state index in [1.165, 1.54) is 24.5 Å². The van der Waals surface area contributed by atoms with Gasteiger partial charge in [0.2, 0.25) is 6.08 Å². The highest BCUT2D eigenvalue weighted by atomic mass is 19.1. The monoisotopic (exact) mass is 257 g/mol. The van der Waals surface area contributed by atoms with Gasteiger partial charge in [0, 0.05) is 23.5 Å². The summed E-state index contributed by atoms with van der Waals surface area (Å²) in [6.45, 7) is 3.81. The molecule has 0 aliphatic rings. The fourth-order valence-electron chi connectivity index (χ4n) is 1.89. The molecule has 0 amide bonds. The zero-order valence-corrected chi connectivity index (χ0v) is 10.6. The Kier molecular flexibility index (Phi) is 3.78. The van der Waals surface area contributed by atoms with Crippen molar-refractivity contribution in [2.45, 2.75) is 19.8 Å². The molecule has 0 saturated heterocycles. The predicted octanol–water partition coefficient (Wildman–Crippen LogP) is 3.37. The molecule has 0 fully saturated rings. The SMILES string of the molecule is CC(C)c1cc(F)cc(-c2cncnc2)c1N=C=O. The van der Waals surface area contributed by atoms with Crippen molar-refractivity contribution < 1.29 is 9.18 Å². The molecule has 4 nitrogen and oxygen atoms in total. The third-order valence-corrected chi connectivity index (χ3v) is 2.76.